The van der Waals surface area contributed by atoms with Crippen molar-refractivity contribution in [2.75, 3.05) is 0 Å². The highest BCUT2D eigenvalue weighted by atomic mass is 16.1. The van der Waals surface area contributed by atoms with Crippen LogP contribution in [0.2, 0.25) is 0 Å². The molecule has 0 aliphatic heterocycles. The minimum absolute atomic E-state index is 0.0628. The van der Waals surface area contributed by atoms with Crippen LogP contribution >= 0.6 is 0 Å². The molecule has 1 heterocycles. The number of hydrogen-bond acceptors (Lipinski definition) is 2. The molecule has 0 unspecified atom stereocenters. The fourth-order valence-corrected chi connectivity index (χ4v) is 1.99. The monoisotopic (exact) mass is 178 g/mol. The van der Waals surface area contributed by atoms with Crippen LogP contribution in [0.3, 0.4) is 0 Å². The molecule has 0 amide bonds. The molecule has 0 spiro atoms. The standard InChI is InChI=1S/C10H14N2O/c1-12-9-4-2-3-8(11)7(9)5-6-10(12)13/h5-6,8H,2-4,11H2,1H3/t8-/m1/s1. The highest BCUT2D eigenvalue weighted by Crippen LogP contribution is 2.25. The van der Waals surface area contributed by atoms with E-state index < -0.39 is 0 Å². The zero-order chi connectivity index (χ0) is 9.42. The van der Waals surface area contributed by atoms with E-state index in [-0.39, 0.29) is 11.6 Å². The molecule has 3 heteroatoms. The predicted molar refractivity (Wildman–Crippen MR) is 51.5 cm³/mol. The lowest BCUT2D eigenvalue weighted by atomic mass is 9.92. The summed E-state index contributed by atoms with van der Waals surface area (Å²) in [5.41, 5.74) is 8.28. The van der Waals surface area contributed by atoms with Gasteiger partial charge in [-0.15, -0.1) is 0 Å². The average Bonchev–Trinajstić information content (AvgIpc) is 2.12. The van der Waals surface area contributed by atoms with Crippen molar-refractivity contribution >= 4 is 0 Å². The van der Waals surface area contributed by atoms with Crippen molar-refractivity contribution < 1.29 is 0 Å². The highest BCUT2D eigenvalue weighted by Gasteiger charge is 2.18. The number of nitrogens with zero attached hydrogens (tertiary/aromatic N) is 1. The van der Waals surface area contributed by atoms with E-state index in [1.54, 1.807) is 10.6 Å². The third kappa shape index (κ3) is 1.29. The molecule has 0 radical (unpaired) electrons. The second-order valence-corrected chi connectivity index (χ2v) is 3.63. The number of hydrogen-bond donors (Lipinski definition) is 1. The van der Waals surface area contributed by atoms with Gasteiger partial charge in [-0.1, -0.05) is 6.07 Å². The fraction of sp³-hybridized carbons (Fsp3) is 0.500. The van der Waals surface area contributed by atoms with E-state index in [9.17, 15) is 4.79 Å². The van der Waals surface area contributed by atoms with Crippen molar-refractivity contribution in [3.63, 3.8) is 0 Å². The van der Waals surface area contributed by atoms with Crippen LogP contribution in [0.25, 0.3) is 0 Å². The Morgan fingerprint density at radius 2 is 2.31 bits per heavy atom. The summed E-state index contributed by atoms with van der Waals surface area (Å²) in [5, 5.41) is 0. The van der Waals surface area contributed by atoms with Gasteiger partial charge in [-0.25, -0.2) is 0 Å². The van der Waals surface area contributed by atoms with Gasteiger partial charge in [0.25, 0.3) is 0 Å². The molecule has 1 aromatic heterocycles. The largest absolute Gasteiger partial charge is 0.324 e. The summed E-state index contributed by atoms with van der Waals surface area (Å²) in [7, 11) is 1.82. The number of fused-ring (bicyclic) bond motifs is 1. The van der Waals surface area contributed by atoms with E-state index >= 15 is 0 Å². The molecule has 2 rings (SSSR count). The Morgan fingerprint density at radius 1 is 1.54 bits per heavy atom. The van der Waals surface area contributed by atoms with Gasteiger partial charge in [0.15, 0.2) is 0 Å². The molecule has 0 saturated carbocycles. The van der Waals surface area contributed by atoms with Crippen molar-refractivity contribution in [3.05, 3.63) is 33.7 Å². The van der Waals surface area contributed by atoms with E-state index in [2.05, 4.69) is 0 Å². The average molecular weight is 178 g/mol. The summed E-state index contributed by atoms with van der Waals surface area (Å²) in [5.74, 6) is 0. The molecular weight excluding hydrogens is 164 g/mol. The second kappa shape index (κ2) is 3.00. The molecule has 1 aliphatic rings. The Hall–Kier alpha value is -1.09. The van der Waals surface area contributed by atoms with E-state index in [4.69, 9.17) is 5.73 Å². The molecule has 1 aromatic rings. The van der Waals surface area contributed by atoms with Crippen molar-refractivity contribution in [1.29, 1.82) is 0 Å². The first-order chi connectivity index (χ1) is 6.20. The topological polar surface area (TPSA) is 48.0 Å². The summed E-state index contributed by atoms with van der Waals surface area (Å²) < 4.78 is 1.72. The summed E-state index contributed by atoms with van der Waals surface area (Å²) in [4.78, 5) is 11.3. The van der Waals surface area contributed by atoms with Crippen LogP contribution in [0.4, 0.5) is 0 Å². The Morgan fingerprint density at radius 3 is 3.08 bits per heavy atom. The second-order valence-electron chi connectivity index (χ2n) is 3.63. The molecule has 2 N–H and O–H groups in total. The van der Waals surface area contributed by atoms with Gasteiger partial charge in [-0.05, 0) is 24.8 Å². The SMILES string of the molecule is Cn1c2c(ccc1=O)[C@H](N)CCC2. The van der Waals surface area contributed by atoms with Gasteiger partial charge in [0.05, 0.1) is 0 Å². The van der Waals surface area contributed by atoms with E-state index in [0.29, 0.717) is 0 Å². The number of nitrogens with two attached hydrogens (primary N) is 1. The summed E-state index contributed by atoms with van der Waals surface area (Å²) in [6.45, 7) is 0. The lowest BCUT2D eigenvalue weighted by Crippen LogP contribution is -2.27. The molecule has 0 aromatic carbocycles. The zero-order valence-electron chi connectivity index (χ0n) is 7.79. The number of aromatic nitrogens is 1. The Balaban J connectivity index is 2.63. The van der Waals surface area contributed by atoms with E-state index in [0.717, 1.165) is 30.5 Å². The van der Waals surface area contributed by atoms with Crippen LogP contribution < -0.4 is 11.3 Å². The maximum Gasteiger partial charge on any atom is 0.250 e. The number of rotatable bonds is 0. The Bertz CT molecular complexity index is 381. The molecular formula is C10H14N2O. The minimum atomic E-state index is 0.0628. The van der Waals surface area contributed by atoms with Crippen molar-refractivity contribution in [2.45, 2.75) is 25.3 Å². The Kier molecular flexibility index (Phi) is 1.96. The van der Waals surface area contributed by atoms with Gasteiger partial charge in [0, 0.05) is 24.8 Å². The fourth-order valence-electron chi connectivity index (χ4n) is 1.99. The van der Waals surface area contributed by atoms with Crippen molar-refractivity contribution in [1.82, 2.24) is 4.57 Å². The quantitative estimate of drug-likeness (QED) is 0.636. The first kappa shape index (κ1) is 8.51. The maximum atomic E-state index is 11.3. The first-order valence-electron chi connectivity index (χ1n) is 4.64. The summed E-state index contributed by atoms with van der Waals surface area (Å²) >= 11 is 0. The lowest BCUT2D eigenvalue weighted by molar-refractivity contribution is 0.539. The number of pyridine rings is 1. The van der Waals surface area contributed by atoms with E-state index in [1.807, 2.05) is 13.1 Å². The maximum absolute atomic E-state index is 11.3. The van der Waals surface area contributed by atoms with Crippen LogP contribution in [-0.4, -0.2) is 4.57 Å². The van der Waals surface area contributed by atoms with Gasteiger partial charge >= 0.3 is 0 Å². The minimum Gasteiger partial charge on any atom is -0.324 e. The smallest absolute Gasteiger partial charge is 0.250 e. The third-order valence-electron chi connectivity index (χ3n) is 2.80. The molecule has 0 fully saturated rings. The molecule has 0 saturated heterocycles. The van der Waals surface area contributed by atoms with Gasteiger partial charge in [0.2, 0.25) is 5.56 Å². The summed E-state index contributed by atoms with van der Waals surface area (Å²) in [6, 6.07) is 3.60. The van der Waals surface area contributed by atoms with Crippen LogP contribution in [-0.2, 0) is 13.5 Å². The molecule has 70 valence electrons. The van der Waals surface area contributed by atoms with Crippen LogP contribution in [0, 0.1) is 0 Å². The van der Waals surface area contributed by atoms with E-state index in [1.165, 1.54) is 0 Å². The van der Waals surface area contributed by atoms with Gasteiger partial charge in [-0.2, -0.15) is 0 Å². The van der Waals surface area contributed by atoms with Gasteiger partial charge in [-0.3, -0.25) is 4.79 Å². The highest BCUT2D eigenvalue weighted by molar-refractivity contribution is 5.26. The van der Waals surface area contributed by atoms with Gasteiger partial charge < -0.3 is 10.3 Å². The first-order valence-corrected chi connectivity index (χ1v) is 4.64. The molecule has 0 bridgehead atoms. The van der Waals surface area contributed by atoms with Crippen LogP contribution in [0.15, 0.2) is 16.9 Å². The van der Waals surface area contributed by atoms with Crippen LogP contribution in [0.1, 0.15) is 30.1 Å². The van der Waals surface area contributed by atoms with Crippen LogP contribution in [0.5, 0.6) is 0 Å². The third-order valence-corrected chi connectivity index (χ3v) is 2.80. The van der Waals surface area contributed by atoms with Gasteiger partial charge in [0.1, 0.15) is 0 Å². The molecule has 13 heavy (non-hydrogen) atoms. The molecule has 1 aliphatic carbocycles. The Labute approximate surface area is 77.2 Å². The lowest BCUT2D eigenvalue weighted by Gasteiger charge is -2.23. The molecule has 1 atom stereocenters. The molecule has 3 nitrogen and oxygen atoms in total. The normalized spacial score (nSPS) is 21.2. The predicted octanol–water partition coefficient (Wildman–Crippen LogP) is 0.721. The van der Waals surface area contributed by atoms with Crippen molar-refractivity contribution in [2.24, 2.45) is 12.8 Å². The zero-order valence-corrected chi connectivity index (χ0v) is 7.79. The summed E-state index contributed by atoms with van der Waals surface area (Å²) in [6.07, 6.45) is 3.10. The van der Waals surface area contributed by atoms with Crippen molar-refractivity contribution in [3.8, 4) is 0 Å².